The fourth-order valence-electron chi connectivity index (χ4n) is 2.77. The lowest BCUT2D eigenvalue weighted by Gasteiger charge is -2.34. The molecular weight excluding hydrogens is 260 g/mol. The van der Waals surface area contributed by atoms with Crippen LogP contribution in [0, 0.1) is 5.41 Å². The van der Waals surface area contributed by atoms with Crippen LogP contribution in [0.5, 0.6) is 0 Å². The summed E-state index contributed by atoms with van der Waals surface area (Å²) in [6.07, 6.45) is 0.753. The standard InChI is InChI=1S/C18H26N2O/c1-5-21-17(18(2,3)4)15(19)12-14-11-10-13-8-6-7-9-16(13)20-14/h6-11,15,17H,5,12,19H2,1-4H3. The summed E-state index contributed by atoms with van der Waals surface area (Å²) in [6, 6.07) is 12.3. The monoisotopic (exact) mass is 286 g/mol. The van der Waals surface area contributed by atoms with Crippen LogP contribution < -0.4 is 5.73 Å². The van der Waals surface area contributed by atoms with Gasteiger partial charge in [-0.15, -0.1) is 0 Å². The summed E-state index contributed by atoms with van der Waals surface area (Å²) in [5.41, 5.74) is 8.46. The molecule has 0 radical (unpaired) electrons. The van der Waals surface area contributed by atoms with Crippen molar-refractivity contribution in [1.29, 1.82) is 0 Å². The van der Waals surface area contributed by atoms with Gasteiger partial charge >= 0.3 is 0 Å². The summed E-state index contributed by atoms with van der Waals surface area (Å²) in [4.78, 5) is 4.70. The van der Waals surface area contributed by atoms with Gasteiger partial charge in [-0.05, 0) is 24.5 Å². The summed E-state index contributed by atoms with van der Waals surface area (Å²) in [5, 5.41) is 1.16. The number of fused-ring (bicyclic) bond motifs is 1. The third kappa shape index (κ3) is 4.02. The van der Waals surface area contributed by atoms with Crippen molar-refractivity contribution in [2.24, 2.45) is 11.1 Å². The Bertz CT molecular complexity index is 589. The molecule has 3 heteroatoms. The molecule has 3 nitrogen and oxygen atoms in total. The van der Waals surface area contributed by atoms with Crippen molar-refractivity contribution in [3.63, 3.8) is 0 Å². The van der Waals surface area contributed by atoms with Gasteiger partial charge in [0.15, 0.2) is 0 Å². The first-order valence-corrected chi connectivity index (χ1v) is 7.63. The Hall–Kier alpha value is -1.45. The minimum Gasteiger partial charge on any atom is -0.376 e. The Labute approximate surface area is 127 Å². The molecule has 2 unspecified atom stereocenters. The summed E-state index contributed by atoms with van der Waals surface area (Å²) >= 11 is 0. The van der Waals surface area contributed by atoms with Gasteiger partial charge in [0.05, 0.1) is 11.6 Å². The van der Waals surface area contributed by atoms with Crippen molar-refractivity contribution in [1.82, 2.24) is 4.98 Å². The molecule has 2 atom stereocenters. The number of nitrogens with zero attached hydrogens (tertiary/aromatic N) is 1. The second kappa shape index (κ2) is 6.54. The first-order valence-electron chi connectivity index (χ1n) is 7.63. The van der Waals surface area contributed by atoms with Gasteiger partial charge in [-0.1, -0.05) is 45.0 Å². The number of hydrogen-bond donors (Lipinski definition) is 1. The Morgan fingerprint density at radius 2 is 1.86 bits per heavy atom. The maximum absolute atomic E-state index is 6.40. The zero-order valence-corrected chi connectivity index (χ0v) is 13.5. The SMILES string of the molecule is CCOC(C(N)Cc1ccc2ccccc2n1)C(C)(C)C. The van der Waals surface area contributed by atoms with Gasteiger partial charge in [0.2, 0.25) is 0 Å². The van der Waals surface area contributed by atoms with Crippen LogP contribution in [0.4, 0.5) is 0 Å². The van der Waals surface area contributed by atoms with Crippen LogP contribution in [0.2, 0.25) is 0 Å². The summed E-state index contributed by atoms with van der Waals surface area (Å²) in [5.74, 6) is 0. The zero-order valence-electron chi connectivity index (χ0n) is 13.5. The molecule has 0 amide bonds. The highest BCUT2D eigenvalue weighted by Crippen LogP contribution is 2.26. The molecule has 1 aromatic carbocycles. The second-order valence-electron chi connectivity index (χ2n) is 6.61. The van der Waals surface area contributed by atoms with Crippen LogP contribution in [-0.2, 0) is 11.2 Å². The van der Waals surface area contributed by atoms with E-state index in [0.29, 0.717) is 6.61 Å². The molecule has 0 fully saturated rings. The van der Waals surface area contributed by atoms with E-state index in [1.54, 1.807) is 0 Å². The lowest BCUT2D eigenvalue weighted by molar-refractivity contribution is -0.0275. The van der Waals surface area contributed by atoms with Crippen LogP contribution in [0.15, 0.2) is 36.4 Å². The van der Waals surface area contributed by atoms with Crippen molar-refractivity contribution >= 4 is 10.9 Å². The molecule has 0 bridgehead atoms. The number of aromatic nitrogens is 1. The fourth-order valence-corrected chi connectivity index (χ4v) is 2.77. The fraction of sp³-hybridized carbons (Fsp3) is 0.500. The van der Waals surface area contributed by atoms with Gasteiger partial charge in [0, 0.05) is 30.1 Å². The molecular formula is C18H26N2O. The number of para-hydroxylation sites is 1. The van der Waals surface area contributed by atoms with Gasteiger partial charge in [-0.25, -0.2) is 0 Å². The predicted octanol–water partition coefficient (Wildman–Crippen LogP) is 3.56. The highest BCUT2D eigenvalue weighted by atomic mass is 16.5. The zero-order chi connectivity index (χ0) is 15.5. The predicted molar refractivity (Wildman–Crippen MR) is 88.3 cm³/mol. The highest BCUT2D eigenvalue weighted by Gasteiger charge is 2.31. The molecule has 1 aromatic heterocycles. The van der Waals surface area contributed by atoms with Crippen molar-refractivity contribution in [2.75, 3.05) is 6.61 Å². The maximum Gasteiger partial charge on any atom is 0.0777 e. The first-order chi connectivity index (χ1) is 9.91. The van der Waals surface area contributed by atoms with Crippen LogP contribution in [-0.4, -0.2) is 23.7 Å². The van der Waals surface area contributed by atoms with Crippen molar-refractivity contribution in [3.8, 4) is 0 Å². The van der Waals surface area contributed by atoms with E-state index in [4.69, 9.17) is 15.5 Å². The Kier molecular flexibility index (Phi) is 4.96. The van der Waals surface area contributed by atoms with E-state index in [-0.39, 0.29) is 17.6 Å². The molecule has 1 heterocycles. The summed E-state index contributed by atoms with van der Waals surface area (Å²) in [6.45, 7) is 9.20. The molecule has 0 aliphatic heterocycles. The average Bonchev–Trinajstić information content (AvgIpc) is 2.43. The highest BCUT2D eigenvalue weighted by molar-refractivity contribution is 5.78. The summed E-state index contributed by atoms with van der Waals surface area (Å²) < 4.78 is 5.88. The van der Waals surface area contributed by atoms with Gasteiger partial charge in [-0.3, -0.25) is 4.98 Å². The number of pyridine rings is 1. The first kappa shape index (κ1) is 15.9. The quantitative estimate of drug-likeness (QED) is 0.914. The summed E-state index contributed by atoms with van der Waals surface area (Å²) in [7, 11) is 0. The molecule has 2 N–H and O–H groups in total. The molecule has 2 aromatic rings. The molecule has 0 aliphatic carbocycles. The van der Waals surface area contributed by atoms with E-state index < -0.39 is 0 Å². The maximum atomic E-state index is 6.40. The number of ether oxygens (including phenoxy) is 1. The smallest absolute Gasteiger partial charge is 0.0777 e. The van der Waals surface area contributed by atoms with Gasteiger partial charge < -0.3 is 10.5 Å². The van der Waals surface area contributed by atoms with Crippen molar-refractivity contribution < 1.29 is 4.74 Å². The van der Waals surface area contributed by atoms with Crippen LogP contribution in [0.3, 0.4) is 0 Å². The van der Waals surface area contributed by atoms with Gasteiger partial charge in [-0.2, -0.15) is 0 Å². The van der Waals surface area contributed by atoms with Crippen LogP contribution in [0.25, 0.3) is 10.9 Å². The third-order valence-corrected chi connectivity index (χ3v) is 3.69. The van der Waals surface area contributed by atoms with Crippen LogP contribution >= 0.6 is 0 Å². The molecule has 21 heavy (non-hydrogen) atoms. The normalized spacial score (nSPS) is 15.1. The molecule has 114 valence electrons. The lowest BCUT2D eigenvalue weighted by Crippen LogP contribution is -2.46. The Morgan fingerprint density at radius 1 is 1.14 bits per heavy atom. The molecule has 2 rings (SSSR count). The van der Waals surface area contributed by atoms with E-state index in [2.05, 4.69) is 39.0 Å². The minimum atomic E-state index is -0.0568. The minimum absolute atomic E-state index is 0.0201. The van der Waals surface area contributed by atoms with Crippen molar-refractivity contribution in [2.45, 2.75) is 46.3 Å². The molecule has 0 spiro atoms. The second-order valence-corrected chi connectivity index (χ2v) is 6.61. The van der Waals surface area contributed by atoms with Crippen molar-refractivity contribution in [3.05, 3.63) is 42.1 Å². The van der Waals surface area contributed by atoms with E-state index in [0.717, 1.165) is 23.0 Å². The third-order valence-electron chi connectivity index (χ3n) is 3.69. The largest absolute Gasteiger partial charge is 0.376 e. The lowest BCUT2D eigenvalue weighted by atomic mass is 9.83. The van der Waals surface area contributed by atoms with E-state index in [1.807, 2.05) is 25.1 Å². The Balaban J connectivity index is 2.17. The number of rotatable bonds is 5. The number of nitrogens with two attached hydrogens (primary N) is 1. The number of hydrogen-bond acceptors (Lipinski definition) is 3. The van der Waals surface area contributed by atoms with Gasteiger partial charge in [0.1, 0.15) is 0 Å². The van der Waals surface area contributed by atoms with E-state index in [9.17, 15) is 0 Å². The molecule has 0 saturated carbocycles. The topological polar surface area (TPSA) is 48.1 Å². The van der Waals surface area contributed by atoms with E-state index >= 15 is 0 Å². The van der Waals surface area contributed by atoms with Gasteiger partial charge in [0.25, 0.3) is 0 Å². The molecule has 0 aliphatic rings. The Morgan fingerprint density at radius 3 is 2.52 bits per heavy atom. The molecule has 0 saturated heterocycles. The van der Waals surface area contributed by atoms with E-state index in [1.165, 1.54) is 0 Å². The average molecular weight is 286 g/mol. The van der Waals surface area contributed by atoms with Crippen LogP contribution in [0.1, 0.15) is 33.4 Å². The number of benzene rings is 1.